The van der Waals surface area contributed by atoms with E-state index in [0.717, 1.165) is 24.0 Å². The van der Waals surface area contributed by atoms with Gasteiger partial charge in [0.15, 0.2) is 0 Å². The fraction of sp³-hybridized carbons (Fsp3) is 0.300. The number of hydrogen-bond donors (Lipinski definition) is 1. The van der Waals surface area contributed by atoms with E-state index in [0.29, 0.717) is 31.5 Å². The summed E-state index contributed by atoms with van der Waals surface area (Å²) in [7, 11) is 0. The minimum atomic E-state index is -0.256. The number of ether oxygens (including phenoxy) is 1. The highest BCUT2D eigenvalue weighted by Gasteiger charge is 2.38. The highest BCUT2D eigenvalue weighted by molar-refractivity contribution is 5.85. The lowest BCUT2D eigenvalue weighted by Gasteiger charge is -2.32. The molecule has 136 valence electrons. The van der Waals surface area contributed by atoms with Crippen molar-refractivity contribution in [3.05, 3.63) is 60.5 Å². The molecule has 4 rings (SSSR count). The maximum absolute atomic E-state index is 6.02. The van der Waals surface area contributed by atoms with E-state index in [1.165, 1.54) is 5.56 Å². The average Bonchev–Trinajstić information content (AvgIpc) is 3.20. The third kappa shape index (κ3) is 3.51. The maximum Gasteiger partial charge on any atom is 0.234 e. The first-order valence-electron chi connectivity index (χ1n) is 8.59. The summed E-state index contributed by atoms with van der Waals surface area (Å²) >= 11 is 0. The number of nitrogens with two attached hydrogens (primary N) is 1. The molecule has 1 aliphatic heterocycles. The van der Waals surface area contributed by atoms with E-state index in [-0.39, 0.29) is 17.8 Å². The van der Waals surface area contributed by atoms with Gasteiger partial charge in [0.1, 0.15) is 0 Å². The second-order valence-electron chi connectivity index (χ2n) is 6.46. The largest absolute Gasteiger partial charge is 0.381 e. The molecule has 0 saturated carbocycles. The fourth-order valence-corrected chi connectivity index (χ4v) is 3.27. The second kappa shape index (κ2) is 7.99. The van der Waals surface area contributed by atoms with E-state index < -0.39 is 0 Å². The molecule has 2 aromatic carbocycles. The summed E-state index contributed by atoms with van der Waals surface area (Å²) in [6, 6.07) is 18.5. The Bertz CT molecular complexity index is 828. The Hall–Kier alpha value is -2.21. The third-order valence-electron chi connectivity index (χ3n) is 4.97. The normalized spacial score (nSPS) is 16.0. The molecule has 0 atom stereocenters. The molecule has 2 heterocycles. The molecule has 0 aliphatic carbocycles. The minimum absolute atomic E-state index is 0. The van der Waals surface area contributed by atoms with Crippen molar-refractivity contribution in [2.45, 2.75) is 18.3 Å². The maximum atomic E-state index is 6.02. The topological polar surface area (TPSA) is 74.2 Å². The zero-order valence-electron chi connectivity index (χ0n) is 14.4. The molecule has 3 aromatic rings. The summed E-state index contributed by atoms with van der Waals surface area (Å²) in [4.78, 5) is 4.64. The van der Waals surface area contributed by atoms with Gasteiger partial charge in [0.25, 0.3) is 0 Å². The lowest BCUT2D eigenvalue weighted by atomic mass is 9.80. The van der Waals surface area contributed by atoms with E-state index >= 15 is 0 Å². The van der Waals surface area contributed by atoms with Gasteiger partial charge in [-0.3, -0.25) is 0 Å². The Kier molecular flexibility index (Phi) is 5.71. The van der Waals surface area contributed by atoms with Gasteiger partial charge in [-0.25, -0.2) is 0 Å². The Morgan fingerprint density at radius 2 is 1.50 bits per heavy atom. The highest BCUT2D eigenvalue weighted by atomic mass is 35.5. The van der Waals surface area contributed by atoms with Crippen LogP contribution in [0.25, 0.3) is 22.5 Å². The number of benzene rings is 2. The molecule has 26 heavy (non-hydrogen) atoms. The van der Waals surface area contributed by atoms with Crippen LogP contribution in [0.3, 0.4) is 0 Å². The molecule has 0 amide bonds. The number of nitrogens with zero attached hydrogens (tertiary/aromatic N) is 2. The van der Waals surface area contributed by atoms with Crippen LogP contribution in [-0.4, -0.2) is 29.9 Å². The Balaban J connectivity index is 0.00000196. The quantitative estimate of drug-likeness (QED) is 0.754. The fourth-order valence-electron chi connectivity index (χ4n) is 3.27. The van der Waals surface area contributed by atoms with Crippen molar-refractivity contribution < 1.29 is 9.26 Å². The van der Waals surface area contributed by atoms with Gasteiger partial charge in [-0.05, 0) is 24.0 Å². The van der Waals surface area contributed by atoms with Crippen LogP contribution in [0, 0.1) is 0 Å². The van der Waals surface area contributed by atoms with Gasteiger partial charge in [-0.15, -0.1) is 12.4 Å². The first-order valence-corrected chi connectivity index (χ1v) is 8.59. The van der Waals surface area contributed by atoms with Gasteiger partial charge in [0.2, 0.25) is 11.7 Å². The number of rotatable bonds is 4. The summed E-state index contributed by atoms with van der Waals surface area (Å²) in [5.74, 6) is 1.23. The van der Waals surface area contributed by atoms with E-state index in [1.807, 2.05) is 30.3 Å². The van der Waals surface area contributed by atoms with Crippen molar-refractivity contribution in [1.29, 1.82) is 0 Å². The second-order valence-corrected chi connectivity index (χ2v) is 6.46. The summed E-state index contributed by atoms with van der Waals surface area (Å²) in [6.45, 7) is 1.85. The number of hydrogen-bond acceptors (Lipinski definition) is 5. The highest BCUT2D eigenvalue weighted by Crippen LogP contribution is 2.34. The Labute approximate surface area is 159 Å². The smallest absolute Gasteiger partial charge is 0.234 e. The predicted molar refractivity (Wildman–Crippen MR) is 103 cm³/mol. The Morgan fingerprint density at radius 1 is 0.885 bits per heavy atom. The van der Waals surface area contributed by atoms with Crippen molar-refractivity contribution in [2.24, 2.45) is 5.73 Å². The van der Waals surface area contributed by atoms with Crippen LogP contribution >= 0.6 is 12.4 Å². The van der Waals surface area contributed by atoms with Crippen molar-refractivity contribution in [3.8, 4) is 22.5 Å². The first kappa shape index (κ1) is 18.6. The standard InChI is InChI=1S/C20H21N3O2.ClH/c21-14-20(10-12-24-13-11-20)19-22-18(23-25-19)17-8-6-16(7-9-17)15-4-2-1-3-5-15;/h1-9H,10-14,21H2;1H. The molecule has 1 fully saturated rings. The molecule has 1 aromatic heterocycles. The van der Waals surface area contributed by atoms with Crippen LogP contribution in [0.4, 0.5) is 0 Å². The van der Waals surface area contributed by atoms with E-state index in [1.54, 1.807) is 0 Å². The van der Waals surface area contributed by atoms with Crippen LogP contribution in [0.15, 0.2) is 59.1 Å². The molecule has 2 N–H and O–H groups in total. The van der Waals surface area contributed by atoms with Crippen LogP contribution in [0.2, 0.25) is 0 Å². The van der Waals surface area contributed by atoms with Crippen molar-refractivity contribution in [3.63, 3.8) is 0 Å². The van der Waals surface area contributed by atoms with Crippen molar-refractivity contribution in [2.75, 3.05) is 19.8 Å². The van der Waals surface area contributed by atoms with Crippen LogP contribution in [0.5, 0.6) is 0 Å². The Morgan fingerprint density at radius 3 is 2.15 bits per heavy atom. The van der Waals surface area contributed by atoms with E-state index in [9.17, 15) is 0 Å². The number of halogens is 1. The molecule has 0 bridgehead atoms. The van der Waals surface area contributed by atoms with Gasteiger partial charge >= 0.3 is 0 Å². The molecule has 1 saturated heterocycles. The van der Waals surface area contributed by atoms with E-state index in [4.69, 9.17) is 15.0 Å². The monoisotopic (exact) mass is 371 g/mol. The minimum Gasteiger partial charge on any atom is -0.381 e. The van der Waals surface area contributed by atoms with Crippen molar-refractivity contribution >= 4 is 12.4 Å². The lowest BCUT2D eigenvalue weighted by molar-refractivity contribution is 0.0409. The lowest BCUT2D eigenvalue weighted by Crippen LogP contribution is -2.40. The van der Waals surface area contributed by atoms with E-state index in [2.05, 4.69) is 34.4 Å². The third-order valence-corrected chi connectivity index (χ3v) is 4.97. The average molecular weight is 372 g/mol. The van der Waals surface area contributed by atoms with Crippen LogP contribution in [0.1, 0.15) is 18.7 Å². The summed E-state index contributed by atoms with van der Waals surface area (Å²) < 4.78 is 11.0. The number of aromatic nitrogens is 2. The summed E-state index contributed by atoms with van der Waals surface area (Å²) in [6.07, 6.45) is 1.64. The molecule has 5 nitrogen and oxygen atoms in total. The zero-order chi connectivity index (χ0) is 17.1. The van der Waals surface area contributed by atoms with Gasteiger partial charge < -0.3 is 15.0 Å². The molecule has 0 spiro atoms. The molecule has 0 unspecified atom stereocenters. The summed E-state index contributed by atoms with van der Waals surface area (Å²) in [5, 5.41) is 4.17. The van der Waals surface area contributed by atoms with Gasteiger partial charge in [0, 0.05) is 25.3 Å². The predicted octanol–water partition coefficient (Wildman–Crippen LogP) is 3.83. The van der Waals surface area contributed by atoms with Gasteiger partial charge in [-0.1, -0.05) is 59.8 Å². The summed E-state index contributed by atoms with van der Waals surface area (Å²) in [5.41, 5.74) is 9.05. The zero-order valence-corrected chi connectivity index (χ0v) is 15.2. The van der Waals surface area contributed by atoms with Crippen LogP contribution in [-0.2, 0) is 10.2 Å². The van der Waals surface area contributed by atoms with Gasteiger partial charge in [0.05, 0.1) is 5.41 Å². The van der Waals surface area contributed by atoms with Crippen molar-refractivity contribution in [1.82, 2.24) is 10.1 Å². The molecule has 6 heteroatoms. The SMILES string of the molecule is Cl.NCC1(c2nc(-c3ccc(-c4ccccc4)cc3)no2)CCOCC1. The van der Waals surface area contributed by atoms with Gasteiger partial charge in [-0.2, -0.15) is 4.98 Å². The molecule has 1 aliphatic rings. The van der Waals surface area contributed by atoms with Crippen LogP contribution < -0.4 is 5.73 Å². The molecule has 0 radical (unpaired) electrons. The molecular formula is C20H22ClN3O2. The first-order chi connectivity index (χ1) is 12.3. The molecular weight excluding hydrogens is 350 g/mol.